The molecule has 29 heavy (non-hydrogen) atoms. The topological polar surface area (TPSA) is 92.2 Å². The molecule has 0 bridgehead atoms. The van der Waals surface area contributed by atoms with Crippen molar-refractivity contribution in [1.29, 1.82) is 0 Å². The van der Waals surface area contributed by atoms with Crippen molar-refractivity contribution in [3.05, 3.63) is 69.9 Å². The van der Waals surface area contributed by atoms with Crippen LogP contribution in [0.15, 0.2) is 35.2 Å². The number of amides is 1. The number of benzene rings is 2. The van der Waals surface area contributed by atoms with Crippen LogP contribution in [0.2, 0.25) is 0 Å². The molecule has 0 heterocycles. The number of nitrogens with one attached hydrogen (secondary N) is 1. The first kappa shape index (κ1) is 22.1. The molecule has 2 aromatic carbocycles. The van der Waals surface area contributed by atoms with Gasteiger partial charge in [0.1, 0.15) is 0 Å². The van der Waals surface area contributed by atoms with Crippen LogP contribution in [0.1, 0.15) is 61.0 Å². The molecular weight excluding hydrogens is 390 g/mol. The Morgan fingerprint density at radius 1 is 0.966 bits per heavy atom. The molecule has 0 saturated carbocycles. The monoisotopic (exact) mass is 411 g/mol. The van der Waals surface area contributed by atoms with Crippen molar-refractivity contribution in [1.82, 2.24) is 0 Å². The summed E-state index contributed by atoms with van der Waals surface area (Å²) in [7, 11) is -4.40. The van der Waals surface area contributed by atoms with Gasteiger partial charge in [-0.2, -0.15) is 8.42 Å². The number of hydrogen-bond acceptors (Lipinski definition) is 3. The van der Waals surface area contributed by atoms with Gasteiger partial charge in [0.2, 0.25) is 0 Å². The van der Waals surface area contributed by atoms with Crippen LogP contribution in [0.3, 0.4) is 0 Å². The summed E-state index contributed by atoms with van der Waals surface area (Å²) in [6.45, 7) is 21.7. The van der Waals surface area contributed by atoms with Gasteiger partial charge in [-0.25, -0.2) is 0 Å². The maximum Gasteiger partial charge on any atom is 0.294 e. The summed E-state index contributed by atoms with van der Waals surface area (Å²) in [5.74, 6) is -0.740. The molecule has 8 heteroatoms. The summed E-state index contributed by atoms with van der Waals surface area (Å²) >= 11 is 0. The van der Waals surface area contributed by atoms with Gasteiger partial charge in [0, 0.05) is 11.3 Å². The third-order valence-electron chi connectivity index (χ3n) is 4.43. The Labute approximate surface area is 170 Å². The number of nitrogens with zero attached hydrogens (tertiary/aromatic N) is 2. The average Bonchev–Trinajstić information content (AvgIpc) is 2.65. The third-order valence-corrected chi connectivity index (χ3v) is 5.26. The third kappa shape index (κ3) is 4.80. The minimum Gasteiger partial charge on any atom is -0.322 e. The van der Waals surface area contributed by atoms with E-state index >= 15 is 0 Å². The number of rotatable bonds is 5. The van der Waals surface area contributed by atoms with Gasteiger partial charge >= 0.3 is 0 Å². The van der Waals surface area contributed by atoms with Gasteiger partial charge < -0.3 is 5.32 Å². The first-order chi connectivity index (χ1) is 13.5. The molecule has 7 nitrogen and oxygen atoms in total. The Kier molecular flexibility index (Phi) is 6.43. The highest BCUT2D eigenvalue weighted by atomic mass is 32.2. The van der Waals surface area contributed by atoms with E-state index in [9.17, 15) is 17.8 Å². The fourth-order valence-corrected chi connectivity index (χ4v) is 3.45. The minimum absolute atomic E-state index is 0.0857. The van der Waals surface area contributed by atoms with Gasteiger partial charge in [-0.15, -0.1) is 0 Å². The number of carbonyl (C=O) groups is 1. The van der Waals surface area contributed by atoms with Gasteiger partial charge in [0.05, 0.1) is 18.0 Å². The molecule has 0 aliphatic rings. The van der Waals surface area contributed by atoms with Crippen molar-refractivity contribution in [2.45, 2.75) is 44.4 Å². The second-order valence-corrected chi connectivity index (χ2v) is 8.56. The van der Waals surface area contributed by atoms with Crippen LogP contribution in [0, 0.1) is 13.1 Å². The lowest BCUT2D eigenvalue weighted by molar-refractivity contribution is 0.102. The van der Waals surface area contributed by atoms with E-state index < -0.39 is 16.0 Å². The van der Waals surface area contributed by atoms with Crippen LogP contribution in [0.5, 0.6) is 0 Å². The highest BCUT2D eigenvalue weighted by molar-refractivity contribution is 7.85. The molecule has 0 atom stereocenters. The van der Waals surface area contributed by atoms with E-state index in [2.05, 4.69) is 15.0 Å². The van der Waals surface area contributed by atoms with E-state index in [1.807, 2.05) is 27.7 Å². The van der Waals surface area contributed by atoms with Gasteiger partial charge in [0.15, 0.2) is 11.4 Å². The van der Waals surface area contributed by atoms with Crippen molar-refractivity contribution in [2.75, 3.05) is 5.32 Å². The molecule has 0 fully saturated rings. The molecule has 0 aliphatic heterocycles. The molecule has 2 rings (SSSR count). The average molecular weight is 411 g/mol. The first-order valence-electron chi connectivity index (χ1n) is 8.85. The molecule has 2 aromatic rings. The van der Waals surface area contributed by atoms with Crippen LogP contribution >= 0.6 is 0 Å². The maximum absolute atomic E-state index is 12.9. The Hall–Kier alpha value is -3.20. The quantitative estimate of drug-likeness (QED) is 0.499. The van der Waals surface area contributed by atoms with Crippen molar-refractivity contribution in [2.24, 2.45) is 0 Å². The molecular formula is C21H21N3O4S. The number of carbonyl (C=O) groups excluding carboxylic acids is 1. The predicted octanol–water partition coefficient (Wildman–Crippen LogP) is 5.53. The van der Waals surface area contributed by atoms with E-state index in [0.29, 0.717) is 16.8 Å². The summed E-state index contributed by atoms with van der Waals surface area (Å²) in [6.07, 6.45) is 0. The highest BCUT2D eigenvalue weighted by Crippen LogP contribution is 2.36. The lowest BCUT2D eigenvalue weighted by atomic mass is 9.92. The van der Waals surface area contributed by atoms with Crippen LogP contribution < -0.4 is 5.32 Å². The molecule has 2 N–H and O–H groups in total. The number of anilines is 1. The van der Waals surface area contributed by atoms with E-state index in [0.717, 1.165) is 0 Å². The van der Waals surface area contributed by atoms with Crippen molar-refractivity contribution in [3.8, 4) is 0 Å². The SMILES string of the molecule is [C-]#[N+]c1ccc(C(=O)Nc2c(C(C)C)cc(S(=O)(=O)O)cc2C(C)C)cc1[N+]#[C-]. The highest BCUT2D eigenvalue weighted by Gasteiger charge is 2.22. The summed E-state index contributed by atoms with van der Waals surface area (Å²) in [5, 5.41) is 2.83. The fraction of sp³-hybridized carbons (Fsp3) is 0.286. The van der Waals surface area contributed by atoms with E-state index in [1.54, 1.807) is 0 Å². The Balaban J connectivity index is 2.61. The summed E-state index contributed by atoms with van der Waals surface area (Å²) < 4.78 is 32.9. The van der Waals surface area contributed by atoms with E-state index in [-0.39, 0.29) is 33.7 Å². The van der Waals surface area contributed by atoms with Crippen LogP contribution in [-0.4, -0.2) is 18.9 Å². The molecule has 0 radical (unpaired) electrons. The molecule has 0 aliphatic carbocycles. The summed E-state index contributed by atoms with van der Waals surface area (Å²) in [5.41, 5.74) is 2.08. The molecule has 150 valence electrons. The molecule has 0 unspecified atom stereocenters. The minimum atomic E-state index is -4.40. The second-order valence-electron chi connectivity index (χ2n) is 7.14. The fourth-order valence-electron chi connectivity index (χ4n) is 2.90. The largest absolute Gasteiger partial charge is 0.322 e. The zero-order valence-electron chi connectivity index (χ0n) is 16.5. The van der Waals surface area contributed by atoms with E-state index in [1.165, 1.54) is 30.3 Å². The van der Waals surface area contributed by atoms with Crippen LogP contribution in [0.25, 0.3) is 9.69 Å². The molecule has 0 aromatic heterocycles. The zero-order valence-corrected chi connectivity index (χ0v) is 17.3. The first-order valence-corrected chi connectivity index (χ1v) is 10.3. The van der Waals surface area contributed by atoms with Crippen molar-refractivity contribution >= 4 is 33.1 Å². The lowest BCUT2D eigenvalue weighted by Gasteiger charge is -2.21. The van der Waals surface area contributed by atoms with Crippen molar-refractivity contribution < 1.29 is 17.8 Å². The van der Waals surface area contributed by atoms with Crippen molar-refractivity contribution in [3.63, 3.8) is 0 Å². The maximum atomic E-state index is 12.9. The van der Waals surface area contributed by atoms with Crippen LogP contribution in [-0.2, 0) is 10.1 Å². The smallest absolute Gasteiger partial charge is 0.294 e. The van der Waals surface area contributed by atoms with E-state index in [4.69, 9.17) is 13.1 Å². The predicted molar refractivity (Wildman–Crippen MR) is 111 cm³/mol. The molecule has 0 saturated heterocycles. The van der Waals surface area contributed by atoms with Crippen LogP contribution in [0.4, 0.5) is 17.1 Å². The molecule has 0 spiro atoms. The zero-order chi connectivity index (χ0) is 21.9. The van der Waals surface area contributed by atoms with Gasteiger partial charge in [0.25, 0.3) is 16.0 Å². The second kappa shape index (κ2) is 8.44. The lowest BCUT2D eigenvalue weighted by Crippen LogP contribution is -2.17. The van der Waals surface area contributed by atoms with Gasteiger partial charge in [-0.05, 0) is 35.1 Å². The normalized spacial score (nSPS) is 11.2. The summed E-state index contributed by atoms with van der Waals surface area (Å²) in [6, 6.07) is 6.95. The Morgan fingerprint density at radius 2 is 1.48 bits per heavy atom. The standard InChI is InChI=1S/C21H21N3O4S/c1-12(2)16-10-15(29(26,27)28)11-17(13(3)4)20(16)24-21(25)14-7-8-18(22-5)19(9-14)23-6/h7-13H,1-4H3,(H,24,25)(H,26,27,28). The Bertz CT molecular complexity index is 1120. The van der Waals surface area contributed by atoms with Gasteiger partial charge in [-0.1, -0.05) is 45.9 Å². The molecule has 1 amide bonds. The summed E-state index contributed by atoms with van der Waals surface area (Å²) in [4.78, 5) is 19.2. The van der Waals surface area contributed by atoms with Gasteiger partial charge in [-0.3, -0.25) is 19.0 Å². The Morgan fingerprint density at radius 3 is 1.90 bits per heavy atom. The number of hydrogen-bond donors (Lipinski definition) is 2.